The van der Waals surface area contributed by atoms with E-state index in [1.165, 1.54) is 16.8 Å². The minimum absolute atomic E-state index is 0.210. The van der Waals surface area contributed by atoms with Crippen molar-refractivity contribution in [3.63, 3.8) is 0 Å². The summed E-state index contributed by atoms with van der Waals surface area (Å²) >= 11 is 0. The molecule has 1 saturated carbocycles. The highest BCUT2D eigenvalue weighted by Crippen LogP contribution is 2.37. The fraction of sp³-hybridized carbons (Fsp3) is 0.562. The molecule has 0 radical (unpaired) electrons. The molecule has 0 aromatic carbocycles. The van der Waals surface area contributed by atoms with Crippen molar-refractivity contribution in [1.82, 2.24) is 25.2 Å². The first kappa shape index (κ1) is 16.4. The second kappa shape index (κ2) is 6.54. The molecule has 24 heavy (non-hydrogen) atoms. The Hall–Kier alpha value is -2.51. The molecule has 8 nitrogen and oxygen atoms in total. The third-order valence-corrected chi connectivity index (χ3v) is 4.30. The number of aromatic nitrogens is 4. The van der Waals surface area contributed by atoms with E-state index in [0.717, 1.165) is 32.1 Å². The fourth-order valence-corrected chi connectivity index (χ4v) is 3.10. The van der Waals surface area contributed by atoms with Gasteiger partial charge in [0.05, 0.1) is 0 Å². The fourth-order valence-electron chi connectivity index (χ4n) is 3.10. The van der Waals surface area contributed by atoms with Crippen LogP contribution in [-0.4, -0.2) is 25.8 Å². The molecule has 3 rings (SSSR count). The number of amides is 1. The van der Waals surface area contributed by atoms with Crippen LogP contribution in [0.1, 0.15) is 61.2 Å². The molecule has 128 valence electrons. The van der Waals surface area contributed by atoms with Gasteiger partial charge in [-0.3, -0.25) is 9.59 Å². The Labute approximate surface area is 139 Å². The summed E-state index contributed by atoms with van der Waals surface area (Å²) in [5.41, 5.74) is -0.616. The van der Waals surface area contributed by atoms with Crippen molar-refractivity contribution in [2.24, 2.45) is 0 Å². The summed E-state index contributed by atoms with van der Waals surface area (Å²) in [5, 5.41) is 11.2. The summed E-state index contributed by atoms with van der Waals surface area (Å²) in [6, 6.07) is 2.82. The Morgan fingerprint density at radius 2 is 2.12 bits per heavy atom. The maximum absolute atomic E-state index is 12.7. The highest BCUT2D eigenvalue weighted by molar-refractivity contribution is 5.92. The number of nitrogens with one attached hydrogen (secondary N) is 1. The summed E-state index contributed by atoms with van der Waals surface area (Å²) in [6.07, 6.45) is 4.25. The molecule has 2 heterocycles. The van der Waals surface area contributed by atoms with Gasteiger partial charge in [-0.05, 0) is 25.3 Å². The molecular weight excluding hydrogens is 310 g/mol. The summed E-state index contributed by atoms with van der Waals surface area (Å²) in [5.74, 6) is 0.650. The van der Waals surface area contributed by atoms with Crippen LogP contribution in [-0.2, 0) is 12.1 Å². The number of carbonyl (C=O) groups is 1. The Morgan fingerprint density at radius 1 is 1.38 bits per heavy atom. The number of hydrogen-bond acceptors (Lipinski definition) is 6. The molecule has 1 N–H and O–H groups in total. The van der Waals surface area contributed by atoms with Gasteiger partial charge in [0.2, 0.25) is 5.89 Å². The highest BCUT2D eigenvalue weighted by atomic mass is 16.5. The first-order valence-electron chi connectivity index (χ1n) is 8.25. The van der Waals surface area contributed by atoms with Crippen molar-refractivity contribution in [3.05, 3.63) is 39.9 Å². The molecule has 0 saturated heterocycles. The minimum Gasteiger partial charge on any atom is -0.340 e. The molecule has 0 spiro atoms. The number of nitrogens with zero attached hydrogens (tertiary/aromatic N) is 4. The van der Waals surface area contributed by atoms with Crippen LogP contribution in [0.4, 0.5) is 0 Å². The molecule has 0 bridgehead atoms. The normalized spacial score (nSPS) is 16.2. The largest absolute Gasteiger partial charge is 0.340 e. The van der Waals surface area contributed by atoms with Crippen LogP contribution in [0.25, 0.3) is 0 Å². The maximum atomic E-state index is 12.7. The second-order valence-electron chi connectivity index (χ2n) is 6.16. The predicted molar refractivity (Wildman–Crippen MR) is 85.4 cm³/mol. The Bertz CT molecular complexity index is 789. The SMILES string of the molecule is CCCn1nc(C(=O)NC2(c3noc(C)n3)CCCC2)ccc1=O. The molecule has 1 aliphatic carbocycles. The molecule has 2 aromatic rings. The summed E-state index contributed by atoms with van der Waals surface area (Å²) in [7, 11) is 0. The first-order chi connectivity index (χ1) is 11.5. The van der Waals surface area contributed by atoms with Crippen molar-refractivity contribution >= 4 is 5.91 Å². The zero-order valence-electron chi connectivity index (χ0n) is 13.9. The lowest BCUT2D eigenvalue weighted by Crippen LogP contribution is -2.45. The predicted octanol–water partition coefficient (Wildman–Crippen LogP) is 1.54. The molecule has 1 fully saturated rings. The lowest BCUT2D eigenvalue weighted by molar-refractivity contribution is 0.0884. The van der Waals surface area contributed by atoms with E-state index in [1.54, 1.807) is 6.92 Å². The highest BCUT2D eigenvalue weighted by Gasteiger charge is 2.41. The summed E-state index contributed by atoms with van der Waals surface area (Å²) in [6.45, 7) is 4.16. The lowest BCUT2D eigenvalue weighted by atomic mass is 9.96. The van der Waals surface area contributed by atoms with Crippen LogP contribution in [0.2, 0.25) is 0 Å². The molecule has 0 unspecified atom stereocenters. The number of carbonyl (C=O) groups excluding carboxylic acids is 1. The van der Waals surface area contributed by atoms with Gasteiger partial charge in [0, 0.05) is 19.5 Å². The number of hydrogen-bond donors (Lipinski definition) is 1. The average molecular weight is 331 g/mol. The minimum atomic E-state index is -0.623. The molecule has 1 amide bonds. The zero-order chi connectivity index (χ0) is 17.2. The molecular formula is C16H21N5O3. The van der Waals surface area contributed by atoms with Crippen molar-refractivity contribution < 1.29 is 9.32 Å². The van der Waals surface area contributed by atoms with Crippen LogP contribution in [0.15, 0.2) is 21.5 Å². The Kier molecular flexibility index (Phi) is 4.46. The topological polar surface area (TPSA) is 103 Å². The van der Waals surface area contributed by atoms with E-state index in [9.17, 15) is 9.59 Å². The number of aryl methyl sites for hydroxylation is 2. The first-order valence-corrected chi connectivity index (χ1v) is 8.25. The van der Waals surface area contributed by atoms with Gasteiger partial charge in [-0.1, -0.05) is 24.9 Å². The van der Waals surface area contributed by atoms with Crippen molar-refractivity contribution in [1.29, 1.82) is 0 Å². The Morgan fingerprint density at radius 3 is 2.75 bits per heavy atom. The summed E-state index contributed by atoms with van der Waals surface area (Å²) in [4.78, 5) is 28.7. The van der Waals surface area contributed by atoms with Crippen molar-refractivity contribution in [2.45, 2.75) is 58.0 Å². The van der Waals surface area contributed by atoms with E-state index in [-0.39, 0.29) is 17.2 Å². The molecule has 0 atom stereocenters. The summed E-state index contributed by atoms with van der Waals surface area (Å²) < 4.78 is 6.40. The zero-order valence-corrected chi connectivity index (χ0v) is 13.9. The van der Waals surface area contributed by atoms with Gasteiger partial charge >= 0.3 is 0 Å². The Balaban J connectivity index is 1.87. The quantitative estimate of drug-likeness (QED) is 0.891. The standard InChI is InChI=1S/C16H21N5O3/c1-3-10-21-13(22)7-6-12(19-21)14(23)18-16(8-4-5-9-16)15-17-11(2)24-20-15/h6-7H,3-5,8-10H2,1-2H3,(H,18,23). The molecule has 8 heteroatoms. The van der Waals surface area contributed by atoms with E-state index < -0.39 is 5.54 Å². The van der Waals surface area contributed by atoms with Gasteiger partial charge in [0.25, 0.3) is 11.5 Å². The van der Waals surface area contributed by atoms with Crippen LogP contribution in [0.5, 0.6) is 0 Å². The van der Waals surface area contributed by atoms with E-state index >= 15 is 0 Å². The van der Waals surface area contributed by atoms with E-state index in [0.29, 0.717) is 18.3 Å². The van der Waals surface area contributed by atoms with Gasteiger partial charge in [-0.2, -0.15) is 10.1 Å². The second-order valence-corrected chi connectivity index (χ2v) is 6.16. The van der Waals surface area contributed by atoms with Gasteiger partial charge in [0.15, 0.2) is 5.82 Å². The van der Waals surface area contributed by atoms with Crippen LogP contribution in [0.3, 0.4) is 0 Å². The van der Waals surface area contributed by atoms with Gasteiger partial charge in [-0.25, -0.2) is 4.68 Å². The number of rotatable bonds is 5. The van der Waals surface area contributed by atoms with E-state index in [4.69, 9.17) is 4.52 Å². The van der Waals surface area contributed by atoms with E-state index in [1.807, 2.05) is 6.92 Å². The maximum Gasteiger partial charge on any atom is 0.272 e. The van der Waals surface area contributed by atoms with Crippen molar-refractivity contribution in [2.75, 3.05) is 0 Å². The third-order valence-electron chi connectivity index (χ3n) is 4.30. The lowest BCUT2D eigenvalue weighted by Gasteiger charge is -2.26. The smallest absolute Gasteiger partial charge is 0.272 e. The molecule has 1 aliphatic rings. The van der Waals surface area contributed by atoms with Gasteiger partial charge in [-0.15, -0.1) is 0 Å². The van der Waals surface area contributed by atoms with E-state index in [2.05, 4.69) is 20.6 Å². The monoisotopic (exact) mass is 331 g/mol. The molecule has 2 aromatic heterocycles. The third kappa shape index (κ3) is 3.08. The van der Waals surface area contributed by atoms with Crippen LogP contribution < -0.4 is 10.9 Å². The van der Waals surface area contributed by atoms with Gasteiger partial charge in [0.1, 0.15) is 11.2 Å². The van der Waals surface area contributed by atoms with Crippen LogP contribution in [0, 0.1) is 6.92 Å². The molecule has 0 aliphatic heterocycles. The van der Waals surface area contributed by atoms with Crippen molar-refractivity contribution in [3.8, 4) is 0 Å². The van der Waals surface area contributed by atoms with Crippen LogP contribution >= 0.6 is 0 Å². The van der Waals surface area contributed by atoms with Gasteiger partial charge < -0.3 is 9.84 Å². The average Bonchev–Trinajstić information content (AvgIpc) is 3.19.